The number of morpholine rings is 1. The summed E-state index contributed by atoms with van der Waals surface area (Å²) in [7, 11) is 1.80. The van der Waals surface area contributed by atoms with Crippen LogP contribution >= 0.6 is 0 Å². The molecule has 0 aliphatic carbocycles. The van der Waals surface area contributed by atoms with Gasteiger partial charge in [0.15, 0.2) is 0 Å². The number of aromatic nitrogens is 2. The minimum atomic E-state index is -0.157. The predicted octanol–water partition coefficient (Wildman–Crippen LogP) is 1.36. The largest absolute Gasteiger partial charge is 0.374 e. The highest BCUT2D eigenvalue weighted by atomic mass is 16.5. The Morgan fingerprint density at radius 3 is 2.96 bits per heavy atom. The van der Waals surface area contributed by atoms with Gasteiger partial charge in [-0.05, 0) is 24.1 Å². The van der Waals surface area contributed by atoms with Crippen molar-refractivity contribution in [1.82, 2.24) is 20.0 Å². The number of nitrogens with one attached hydrogen (secondary N) is 1. The molecule has 1 atom stereocenters. The van der Waals surface area contributed by atoms with Gasteiger partial charge < -0.3 is 10.1 Å². The second-order valence-electron chi connectivity index (χ2n) is 6.24. The topological polar surface area (TPSA) is 59.4 Å². The first-order chi connectivity index (χ1) is 11.6. The summed E-state index contributed by atoms with van der Waals surface area (Å²) in [6.45, 7) is 5.98. The Kier molecular flexibility index (Phi) is 5.27. The van der Waals surface area contributed by atoms with Crippen LogP contribution in [0.25, 0.3) is 0 Å². The minimum Gasteiger partial charge on any atom is -0.374 e. The van der Waals surface area contributed by atoms with Gasteiger partial charge in [-0.3, -0.25) is 14.4 Å². The van der Waals surface area contributed by atoms with Crippen LogP contribution in [-0.4, -0.2) is 52.9 Å². The smallest absolute Gasteiger partial charge is 0.271 e. The number of nitrogens with zero attached hydrogens (tertiary/aromatic N) is 3. The van der Waals surface area contributed by atoms with Crippen molar-refractivity contribution in [2.24, 2.45) is 7.05 Å². The zero-order valence-corrected chi connectivity index (χ0v) is 14.2. The molecule has 1 aromatic carbocycles. The maximum absolute atomic E-state index is 12.1. The van der Waals surface area contributed by atoms with E-state index in [9.17, 15) is 4.79 Å². The van der Waals surface area contributed by atoms with Crippen LogP contribution in [0.3, 0.4) is 0 Å². The zero-order valence-electron chi connectivity index (χ0n) is 14.2. The average molecular weight is 328 g/mol. The molecule has 1 aliphatic rings. The summed E-state index contributed by atoms with van der Waals surface area (Å²) >= 11 is 0. The Morgan fingerprint density at radius 1 is 1.38 bits per heavy atom. The lowest BCUT2D eigenvalue weighted by Gasteiger charge is -2.33. The molecule has 1 aliphatic heterocycles. The maximum Gasteiger partial charge on any atom is 0.271 e. The highest BCUT2D eigenvalue weighted by Crippen LogP contribution is 2.13. The zero-order chi connectivity index (χ0) is 16.9. The fourth-order valence-electron chi connectivity index (χ4n) is 2.91. The molecule has 1 N–H and O–H groups in total. The first-order valence-electron chi connectivity index (χ1n) is 8.28. The molecule has 6 nitrogen and oxygen atoms in total. The lowest BCUT2D eigenvalue weighted by atomic mass is 10.1. The van der Waals surface area contributed by atoms with Crippen molar-refractivity contribution in [1.29, 1.82) is 0 Å². The maximum atomic E-state index is 12.1. The van der Waals surface area contributed by atoms with Crippen LogP contribution in [0.4, 0.5) is 0 Å². The number of carbonyl (C=O) groups excluding carboxylic acids is 1. The summed E-state index contributed by atoms with van der Waals surface area (Å²) < 4.78 is 7.41. The fraction of sp³-hybridized carbons (Fsp3) is 0.444. The third-order valence-corrected chi connectivity index (χ3v) is 4.31. The molecule has 1 unspecified atom stereocenters. The molecule has 2 heterocycles. The van der Waals surface area contributed by atoms with E-state index in [2.05, 4.69) is 46.5 Å². The Morgan fingerprint density at radius 2 is 2.21 bits per heavy atom. The van der Waals surface area contributed by atoms with Crippen LogP contribution in [0, 0.1) is 6.92 Å². The standard InChI is InChI=1S/C18H24N4O2/c1-14-5-3-4-6-15(14)12-22-9-10-24-16(13-22)11-19-18(23)17-7-8-21(2)20-17/h3-8,16H,9-13H2,1-2H3,(H,19,23). The predicted molar refractivity (Wildman–Crippen MR) is 91.7 cm³/mol. The highest BCUT2D eigenvalue weighted by Gasteiger charge is 2.22. The molecule has 1 amide bonds. The van der Waals surface area contributed by atoms with Crippen molar-refractivity contribution in [3.05, 3.63) is 53.3 Å². The summed E-state index contributed by atoms with van der Waals surface area (Å²) in [5, 5.41) is 7.02. The average Bonchev–Trinajstić information content (AvgIpc) is 3.02. The van der Waals surface area contributed by atoms with Crippen LogP contribution in [0.5, 0.6) is 0 Å². The van der Waals surface area contributed by atoms with Crippen molar-refractivity contribution in [3.63, 3.8) is 0 Å². The molecular formula is C18H24N4O2. The van der Waals surface area contributed by atoms with Crippen molar-refractivity contribution in [2.75, 3.05) is 26.2 Å². The van der Waals surface area contributed by atoms with E-state index in [-0.39, 0.29) is 12.0 Å². The van der Waals surface area contributed by atoms with Gasteiger partial charge in [-0.25, -0.2) is 0 Å². The number of aryl methyl sites for hydroxylation is 2. The molecule has 1 saturated heterocycles. The van der Waals surface area contributed by atoms with Gasteiger partial charge in [-0.2, -0.15) is 5.10 Å². The number of benzene rings is 1. The van der Waals surface area contributed by atoms with Gasteiger partial charge in [-0.1, -0.05) is 24.3 Å². The lowest BCUT2D eigenvalue weighted by molar-refractivity contribution is -0.0293. The normalized spacial score (nSPS) is 18.5. The molecule has 3 rings (SSSR count). The van der Waals surface area contributed by atoms with Gasteiger partial charge >= 0.3 is 0 Å². The SMILES string of the molecule is Cc1ccccc1CN1CCOC(CNC(=O)c2ccn(C)n2)C1. The number of carbonyl (C=O) groups is 1. The Labute approximate surface area is 142 Å². The molecule has 0 radical (unpaired) electrons. The van der Waals surface area contributed by atoms with Gasteiger partial charge in [0, 0.05) is 39.4 Å². The third kappa shape index (κ3) is 4.21. The first-order valence-corrected chi connectivity index (χ1v) is 8.28. The van der Waals surface area contributed by atoms with Crippen molar-refractivity contribution >= 4 is 5.91 Å². The molecule has 0 spiro atoms. The summed E-state index contributed by atoms with van der Waals surface area (Å²) in [5.41, 5.74) is 3.09. The molecule has 0 saturated carbocycles. The third-order valence-electron chi connectivity index (χ3n) is 4.31. The van der Waals surface area contributed by atoms with Gasteiger partial charge in [0.05, 0.1) is 12.7 Å². The first kappa shape index (κ1) is 16.7. The molecule has 1 fully saturated rings. The number of ether oxygens (including phenoxy) is 1. The van der Waals surface area contributed by atoms with E-state index in [1.165, 1.54) is 11.1 Å². The molecular weight excluding hydrogens is 304 g/mol. The van der Waals surface area contributed by atoms with E-state index < -0.39 is 0 Å². The fourth-order valence-corrected chi connectivity index (χ4v) is 2.91. The number of rotatable bonds is 5. The molecule has 128 valence electrons. The Bertz CT molecular complexity index is 698. The number of hydrogen-bond donors (Lipinski definition) is 1. The van der Waals surface area contributed by atoms with Crippen LogP contribution in [0.1, 0.15) is 21.6 Å². The van der Waals surface area contributed by atoms with Crippen LogP contribution in [0.15, 0.2) is 36.5 Å². The number of amides is 1. The highest BCUT2D eigenvalue weighted by molar-refractivity contribution is 5.92. The van der Waals surface area contributed by atoms with Crippen LogP contribution in [-0.2, 0) is 18.3 Å². The van der Waals surface area contributed by atoms with E-state index in [1.54, 1.807) is 24.0 Å². The summed E-state index contributed by atoms with van der Waals surface area (Å²) in [6, 6.07) is 10.2. The van der Waals surface area contributed by atoms with E-state index in [4.69, 9.17) is 4.74 Å². The van der Waals surface area contributed by atoms with Crippen molar-refractivity contribution in [2.45, 2.75) is 19.6 Å². The van der Waals surface area contributed by atoms with Gasteiger partial charge in [0.2, 0.25) is 0 Å². The van der Waals surface area contributed by atoms with E-state index in [0.717, 1.165) is 19.6 Å². The molecule has 2 aromatic rings. The van der Waals surface area contributed by atoms with Crippen molar-refractivity contribution < 1.29 is 9.53 Å². The summed E-state index contributed by atoms with van der Waals surface area (Å²) in [6.07, 6.45) is 1.77. The second-order valence-corrected chi connectivity index (χ2v) is 6.24. The van der Waals surface area contributed by atoms with Crippen LogP contribution < -0.4 is 5.32 Å². The van der Waals surface area contributed by atoms with E-state index in [1.807, 2.05) is 0 Å². The van der Waals surface area contributed by atoms with Gasteiger partial charge in [0.25, 0.3) is 5.91 Å². The Balaban J connectivity index is 1.50. The molecule has 0 bridgehead atoms. The number of hydrogen-bond acceptors (Lipinski definition) is 4. The van der Waals surface area contributed by atoms with Crippen LogP contribution in [0.2, 0.25) is 0 Å². The Hall–Kier alpha value is -2.18. The second kappa shape index (κ2) is 7.59. The van der Waals surface area contributed by atoms with E-state index >= 15 is 0 Å². The molecule has 6 heteroatoms. The van der Waals surface area contributed by atoms with E-state index in [0.29, 0.717) is 18.8 Å². The molecule has 1 aromatic heterocycles. The van der Waals surface area contributed by atoms with Gasteiger partial charge in [0.1, 0.15) is 5.69 Å². The van der Waals surface area contributed by atoms with Gasteiger partial charge in [-0.15, -0.1) is 0 Å². The minimum absolute atomic E-state index is 0.00966. The summed E-state index contributed by atoms with van der Waals surface area (Å²) in [4.78, 5) is 14.4. The molecule has 24 heavy (non-hydrogen) atoms. The quantitative estimate of drug-likeness (QED) is 0.900. The lowest BCUT2D eigenvalue weighted by Crippen LogP contribution is -2.47. The monoisotopic (exact) mass is 328 g/mol. The summed E-state index contributed by atoms with van der Waals surface area (Å²) in [5.74, 6) is -0.157. The van der Waals surface area contributed by atoms with Crippen molar-refractivity contribution in [3.8, 4) is 0 Å².